The van der Waals surface area contributed by atoms with Crippen molar-refractivity contribution in [1.29, 1.82) is 0 Å². The van der Waals surface area contributed by atoms with Crippen molar-refractivity contribution in [3.63, 3.8) is 0 Å². The van der Waals surface area contributed by atoms with Crippen LogP contribution in [0.25, 0.3) is 0 Å². The van der Waals surface area contributed by atoms with Crippen LogP contribution in [0.4, 0.5) is 17.1 Å². The van der Waals surface area contributed by atoms with Gasteiger partial charge in [0.2, 0.25) is 0 Å². The number of non-ortho nitro benzene ring substituents is 1. The van der Waals surface area contributed by atoms with Crippen molar-refractivity contribution in [3.05, 3.63) is 88.0 Å². The molecule has 0 unspecified atom stereocenters. The number of amides is 1. The number of anilines is 2. The lowest BCUT2D eigenvalue weighted by atomic mass is 10.1. The van der Waals surface area contributed by atoms with Gasteiger partial charge in [-0.1, -0.05) is 43.0 Å². The van der Waals surface area contributed by atoms with Crippen LogP contribution in [0.3, 0.4) is 0 Å². The lowest BCUT2D eigenvalue weighted by Crippen LogP contribution is -2.16. The van der Waals surface area contributed by atoms with E-state index in [0.717, 1.165) is 27.5 Å². The summed E-state index contributed by atoms with van der Waals surface area (Å²) in [6, 6.07) is 19.6. The molecule has 0 bridgehead atoms. The summed E-state index contributed by atoms with van der Waals surface area (Å²) in [4.78, 5) is 25.2. The van der Waals surface area contributed by atoms with Gasteiger partial charge in [0.1, 0.15) is 0 Å². The van der Waals surface area contributed by atoms with Crippen LogP contribution >= 0.6 is 11.8 Å². The molecule has 0 heterocycles. The van der Waals surface area contributed by atoms with Gasteiger partial charge in [-0.05, 0) is 42.3 Å². The predicted octanol–water partition coefficient (Wildman–Crippen LogP) is 5.60. The van der Waals surface area contributed by atoms with Crippen LogP contribution in [-0.4, -0.2) is 17.9 Å². The molecule has 1 amide bonds. The van der Waals surface area contributed by atoms with Gasteiger partial charge in [0.05, 0.1) is 10.5 Å². The van der Waals surface area contributed by atoms with Crippen LogP contribution in [0, 0.1) is 10.1 Å². The maximum absolute atomic E-state index is 13.2. The molecule has 6 nitrogen and oxygen atoms in total. The first kappa shape index (κ1) is 20.4. The van der Waals surface area contributed by atoms with Gasteiger partial charge in [0.25, 0.3) is 11.6 Å². The number of carbonyl (C=O) groups excluding carboxylic acids is 1. The normalized spacial score (nSPS) is 10.4. The summed E-state index contributed by atoms with van der Waals surface area (Å²) in [7, 11) is 1.77. The molecule has 0 saturated heterocycles. The molecule has 0 radical (unpaired) electrons. The molecule has 3 aromatic rings. The minimum Gasteiger partial charge on any atom is -0.387 e. The second-order valence-corrected chi connectivity index (χ2v) is 7.36. The molecule has 0 aliphatic carbocycles. The van der Waals surface area contributed by atoms with E-state index in [9.17, 15) is 14.9 Å². The van der Waals surface area contributed by atoms with Crippen LogP contribution < -0.4 is 10.6 Å². The number of nitrogens with zero attached hydrogens (tertiary/aromatic N) is 1. The zero-order chi connectivity index (χ0) is 20.8. The first-order chi connectivity index (χ1) is 14.0. The Hall–Kier alpha value is -3.32. The van der Waals surface area contributed by atoms with Gasteiger partial charge < -0.3 is 10.6 Å². The van der Waals surface area contributed by atoms with E-state index in [4.69, 9.17) is 0 Å². The second-order valence-electron chi connectivity index (χ2n) is 6.25. The van der Waals surface area contributed by atoms with Crippen LogP contribution in [0.1, 0.15) is 22.8 Å². The summed E-state index contributed by atoms with van der Waals surface area (Å²) in [5.74, 6) is -0.208. The predicted molar refractivity (Wildman–Crippen MR) is 117 cm³/mol. The van der Waals surface area contributed by atoms with E-state index in [-0.39, 0.29) is 11.6 Å². The van der Waals surface area contributed by atoms with Crippen molar-refractivity contribution in [2.24, 2.45) is 0 Å². The molecular weight excluding hydrogens is 386 g/mol. The number of nitro groups is 1. The number of hydrogen-bond donors (Lipinski definition) is 2. The van der Waals surface area contributed by atoms with Crippen LogP contribution in [-0.2, 0) is 6.42 Å². The molecule has 7 heteroatoms. The molecule has 3 aromatic carbocycles. The van der Waals surface area contributed by atoms with E-state index in [0.29, 0.717) is 11.3 Å². The van der Waals surface area contributed by atoms with Gasteiger partial charge in [0, 0.05) is 40.3 Å². The van der Waals surface area contributed by atoms with Gasteiger partial charge in [0.15, 0.2) is 0 Å². The second kappa shape index (κ2) is 9.25. The first-order valence-electron chi connectivity index (χ1n) is 9.15. The lowest BCUT2D eigenvalue weighted by Gasteiger charge is -2.16. The highest BCUT2D eigenvalue weighted by Gasteiger charge is 2.18. The maximum atomic E-state index is 13.2. The average molecular weight is 407 g/mol. The summed E-state index contributed by atoms with van der Waals surface area (Å²) < 4.78 is 0. The number of aryl methyl sites for hydroxylation is 1. The standard InChI is InChI=1S/C22H21N3O3S/c1-3-15-7-4-5-8-18(15)24-22(26)21-19(23-2)9-6-10-20(21)29-17-13-11-16(12-14-17)25(27)28/h4-14,23H,3H2,1-2H3,(H,24,26). The molecule has 148 valence electrons. The Labute approximate surface area is 173 Å². The number of nitro benzene ring substituents is 1. The van der Waals surface area contributed by atoms with Crippen LogP contribution in [0.15, 0.2) is 76.5 Å². The Morgan fingerprint density at radius 1 is 1.00 bits per heavy atom. The summed E-state index contributed by atoms with van der Waals surface area (Å²) >= 11 is 1.39. The van der Waals surface area contributed by atoms with Gasteiger partial charge in [-0.2, -0.15) is 0 Å². The van der Waals surface area contributed by atoms with Crippen molar-refractivity contribution in [2.45, 2.75) is 23.1 Å². The highest BCUT2D eigenvalue weighted by atomic mass is 32.2. The van der Waals surface area contributed by atoms with Gasteiger partial charge in [-0.3, -0.25) is 14.9 Å². The fourth-order valence-corrected chi connectivity index (χ4v) is 3.93. The average Bonchev–Trinajstić information content (AvgIpc) is 2.74. The summed E-state index contributed by atoms with van der Waals surface area (Å²) in [5.41, 5.74) is 3.13. The lowest BCUT2D eigenvalue weighted by molar-refractivity contribution is -0.384. The van der Waals surface area contributed by atoms with E-state index in [1.54, 1.807) is 19.2 Å². The Bertz CT molecular complexity index is 1040. The molecule has 0 aliphatic rings. The molecule has 29 heavy (non-hydrogen) atoms. The summed E-state index contributed by atoms with van der Waals surface area (Å²) in [6.07, 6.45) is 0.814. The smallest absolute Gasteiger partial charge is 0.269 e. The highest BCUT2D eigenvalue weighted by Crippen LogP contribution is 2.35. The molecule has 2 N–H and O–H groups in total. The fourth-order valence-electron chi connectivity index (χ4n) is 2.96. The van der Waals surface area contributed by atoms with E-state index in [1.165, 1.54) is 23.9 Å². The largest absolute Gasteiger partial charge is 0.387 e. The minimum atomic E-state index is -0.430. The molecule has 0 saturated carbocycles. The van der Waals surface area contributed by atoms with E-state index in [1.807, 2.05) is 49.4 Å². The fraction of sp³-hybridized carbons (Fsp3) is 0.136. The number of benzene rings is 3. The van der Waals surface area contributed by atoms with Gasteiger partial charge >= 0.3 is 0 Å². The van der Waals surface area contributed by atoms with E-state index in [2.05, 4.69) is 10.6 Å². The summed E-state index contributed by atoms with van der Waals surface area (Å²) in [5, 5.41) is 17.0. The SMILES string of the molecule is CCc1ccccc1NC(=O)c1c(NC)cccc1Sc1ccc([N+](=O)[O-])cc1. The number of carbonyl (C=O) groups is 1. The number of hydrogen-bond acceptors (Lipinski definition) is 5. The molecule has 3 rings (SSSR count). The third-order valence-corrected chi connectivity index (χ3v) is 5.51. The van der Waals surface area contributed by atoms with Crippen molar-refractivity contribution >= 4 is 34.7 Å². The Balaban J connectivity index is 1.93. The van der Waals surface area contributed by atoms with Gasteiger partial charge in [-0.25, -0.2) is 0 Å². The zero-order valence-corrected chi connectivity index (χ0v) is 17.0. The quantitative estimate of drug-likeness (QED) is 0.393. The molecule has 0 aromatic heterocycles. The van der Waals surface area contributed by atoms with Crippen LogP contribution in [0.2, 0.25) is 0 Å². The molecule has 0 atom stereocenters. The van der Waals surface area contributed by atoms with E-state index < -0.39 is 4.92 Å². The Morgan fingerprint density at radius 3 is 2.34 bits per heavy atom. The Morgan fingerprint density at radius 2 is 1.69 bits per heavy atom. The number of rotatable bonds is 7. The van der Waals surface area contributed by atoms with Gasteiger partial charge in [-0.15, -0.1) is 0 Å². The number of nitrogens with one attached hydrogen (secondary N) is 2. The monoisotopic (exact) mass is 407 g/mol. The highest BCUT2D eigenvalue weighted by molar-refractivity contribution is 7.99. The third kappa shape index (κ3) is 4.75. The first-order valence-corrected chi connectivity index (χ1v) is 9.97. The molecule has 0 aliphatic heterocycles. The van der Waals surface area contributed by atoms with Crippen molar-refractivity contribution in [3.8, 4) is 0 Å². The minimum absolute atomic E-state index is 0.0347. The van der Waals surface area contributed by atoms with Crippen LogP contribution in [0.5, 0.6) is 0 Å². The van der Waals surface area contributed by atoms with Crippen molar-refractivity contribution < 1.29 is 9.72 Å². The summed E-state index contributed by atoms with van der Waals surface area (Å²) in [6.45, 7) is 2.04. The molecule has 0 spiro atoms. The van der Waals surface area contributed by atoms with E-state index >= 15 is 0 Å². The third-order valence-electron chi connectivity index (χ3n) is 4.44. The Kier molecular flexibility index (Phi) is 6.51. The molecule has 0 fully saturated rings. The topological polar surface area (TPSA) is 84.3 Å². The number of para-hydroxylation sites is 1. The van der Waals surface area contributed by atoms with Crippen molar-refractivity contribution in [1.82, 2.24) is 0 Å². The maximum Gasteiger partial charge on any atom is 0.269 e. The molecular formula is C22H21N3O3S. The van der Waals surface area contributed by atoms with Crippen molar-refractivity contribution in [2.75, 3.05) is 17.7 Å². The zero-order valence-electron chi connectivity index (χ0n) is 16.1.